The van der Waals surface area contributed by atoms with Crippen LogP contribution in [0.15, 0.2) is 29.3 Å². The highest BCUT2D eigenvalue weighted by Crippen LogP contribution is 2.36. The average molecular weight is 445 g/mol. The molecule has 4 rings (SSSR count). The van der Waals surface area contributed by atoms with Crippen LogP contribution < -0.4 is 0 Å². The Morgan fingerprint density at radius 1 is 1.17 bits per heavy atom. The monoisotopic (exact) mass is 444 g/mol. The van der Waals surface area contributed by atoms with Crippen molar-refractivity contribution in [2.45, 2.75) is 54.2 Å². The molecule has 2 aromatic heterocycles. The number of nitrogens with zero attached hydrogens (tertiary/aromatic N) is 4. The number of thiophene rings is 1. The molecule has 6 nitrogen and oxygen atoms in total. The van der Waals surface area contributed by atoms with Gasteiger partial charge in [0.15, 0.2) is 5.82 Å². The minimum atomic E-state index is -0.213. The number of aryl methyl sites for hydroxylation is 2. The van der Waals surface area contributed by atoms with E-state index in [2.05, 4.69) is 33.3 Å². The van der Waals surface area contributed by atoms with Crippen LogP contribution in [-0.4, -0.2) is 32.5 Å². The Kier molecular flexibility index (Phi) is 6.73. The maximum absolute atomic E-state index is 10.0. The van der Waals surface area contributed by atoms with Gasteiger partial charge in [-0.05, 0) is 52.3 Å². The van der Waals surface area contributed by atoms with Gasteiger partial charge in [0.25, 0.3) is 0 Å². The molecule has 0 fully saturated rings. The molecule has 0 saturated carbocycles. The molecule has 3 aromatic rings. The van der Waals surface area contributed by atoms with Gasteiger partial charge in [-0.1, -0.05) is 23.7 Å². The lowest BCUT2D eigenvalue weighted by molar-refractivity contribution is -0.144. The smallest absolute Gasteiger partial charge is 0.302 e. The van der Waals surface area contributed by atoms with Crippen molar-refractivity contribution in [3.63, 3.8) is 0 Å². The van der Waals surface area contributed by atoms with E-state index in [1.54, 1.807) is 11.3 Å². The Hall–Kier alpha value is -2.51. The standard InChI is InChI=1S/C17H15ClN4S.C5H10O2/c1-9-10(2)23-17-15(9)16(12-4-6-13(18)7-5-12)19-8-14-21-20-11(3)22(14)17;1-4(2)7-5(3)6/h4-7H,8H2,1-3H3;4H,1-3H3. The number of ether oxygens (including phenoxy) is 1. The van der Waals surface area contributed by atoms with Crippen molar-refractivity contribution in [1.82, 2.24) is 14.8 Å². The SMILES string of the molecule is CC(=O)OC(C)C.Cc1sc2c(c1C)C(c1ccc(Cl)cc1)=NCc1nnc(C)n1-2. The molecule has 0 aliphatic carbocycles. The fourth-order valence-corrected chi connectivity index (χ4v) is 4.57. The Morgan fingerprint density at radius 2 is 1.83 bits per heavy atom. The fourth-order valence-electron chi connectivity index (χ4n) is 3.22. The number of fused-ring (bicyclic) bond motifs is 3. The van der Waals surface area contributed by atoms with Gasteiger partial charge >= 0.3 is 5.97 Å². The second-order valence-electron chi connectivity index (χ2n) is 7.29. The van der Waals surface area contributed by atoms with Gasteiger partial charge in [0, 0.05) is 28.0 Å². The summed E-state index contributed by atoms with van der Waals surface area (Å²) in [6.07, 6.45) is 0.0255. The Balaban J connectivity index is 0.000000318. The van der Waals surface area contributed by atoms with Gasteiger partial charge in [-0.25, -0.2) is 0 Å². The number of carbonyl (C=O) groups is 1. The van der Waals surface area contributed by atoms with Crippen LogP contribution >= 0.6 is 22.9 Å². The molecule has 158 valence electrons. The highest BCUT2D eigenvalue weighted by atomic mass is 35.5. The Labute approximate surface area is 185 Å². The van der Waals surface area contributed by atoms with Crippen LogP contribution in [0, 0.1) is 20.8 Å². The number of aliphatic imine (C=N–C) groups is 1. The number of hydrogen-bond acceptors (Lipinski definition) is 6. The molecule has 0 saturated heterocycles. The number of benzene rings is 1. The van der Waals surface area contributed by atoms with Gasteiger partial charge in [-0.3, -0.25) is 14.4 Å². The topological polar surface area (TPSA) is 69.4 Å². The molecule has 0 N–H and O–H groups in total. The molecule has 3 heterocycles. The molecule has 0 bridgehead atoms. The van der Waals surface area contributed by atoms with Gasteiger partial charge in [0.05, 0.1) is 11.8 Å². The fraction of sp³-hybridized carbons (Fsp3) is 0.364. The minimum absolute atomic E-state index is 0.0255. The number of rotatable bonds is 2. The van der Waals surface area contributed by atoms with Crippen molar-refractivity contribution in [2.24, 2.45) is 4.99 Å². The maximum Gasteiger partial charge on any atom is 0.302 e. The summed E-state index contributed by atoms with van der Waals surface area (Å²) in [5, 5.41) is 10.4. The zero-order valence-corrected chi connectivity index (χ0v) is 19.6. The quantitative estimate of drug-likeness (QED) is 0.508. The molecule has 0 radical (unpaired) electrons. The van der Waals surface area contributed by atoms with Crippen LogP contribution in [0.1, 0.15) is 54.0 Å². The molecule has 8 heteroatoms. The zero-order valence-electron chi connectivity index (χ0n) is 18.0. The molecule has 0 atom stereocenters. The van der Waals surface area contributed by atoms with Crippen LogP contribution in [-0.2, 0) is 16.1 Å². The Bertz CT molecular complexity index is 1100. The largest absolute Gasteiger partial charge is 0.463 e. The first-order valence-corrected chi connectivity index (χ1v) is 10.9. The van der Waals surface area contributed by atoms with Crippen LogP contribution in [0.2, 0.25) is 5.02 Å². The summed E-state index contributed by atoms with van der Waals surface area (Å²) in [6.45, 7) is 11.9. The van der Waals surface area contributed by atoms with Gasteiger partial charge in [-0.15, -0.1) is 21.5 Å². The zero-order chi connectivity index (χ0) is 22.0. The summed E-state index contributed by atoms with van der Waals surface area (Å²) in [7, 11) is 0. The summed E-state index contributed by atoms with van der Waals surface area (Å²) in [5.41, 5.74) is 4.52. The first kappa shape index (κ1) is 22.2. The Morgan fingerprint density at radius 3 is 2.40 bits per heavy atom. The third kappa shape index (κ3) is 4.63. The molecular formula is C22H25ClN4O2S. The number of esters is 1. The number of halogens is 1. The van der Waals surface area contributed by atoms with Crippen molar-refractivity contribution in [3.8, 4) is 5.00 Å². The predicted molar refractivity (Wildman–Crippen MR) is 121 cm³/mol. The maximum atomic E-state index is 10.0. The van der Waals surface area contributed by atoms with Crippen molar-refractivity contribution in [3.05, 3.63) is 62.5 Å². The average Bonchev–Trinajstić information content (AvgIpc) is 3.10. The van der Waals surface area contributed by atoms with E-state index in [4.69, 9.17) is 16.6 Å². The third-order valence-electron chi connectivity index (χ3n) is 4.60. The second-order valence-corrected chi connectivity index (χ2v) is 8.93. The first-order chi connectivity index (χ1) is 14.2. The predicted octanol–water partition coefficient (Wildman–Crippen LogP) is 5.22. The van der Waals surface area contributed by atoms with Crippen molar-refractivity contribution in [1.29, 1.82) is 0 Å². The summed E-state index contributed by atoms with van der Waals surface area (Å²) in [6, 6.07) is 7.86. The molecule has 0 unspecified atom stereocenters. The van der Waals surface area contributed by atoms with Crippen LogP contribution in [0.4, 0.5) is 0 Å². The van der Waals surface area contributed by atoms with E-state index >= 15 is 0 Å². The molecular weight excluding hydrogens is 420 g/mol. The van der Waals surface area contributed by atoms with Crippen molar-refractivity contribution < 1.29 is 9.53 Å². The van der Waals surface area contributed by atoms with Crippen LogP contribution in [0.5, 0.6) is 0 Å². The van der Waals surface area contributed by atoms with Crippen LogP contribution in [0.3, 0.4) is 0 Å². The summed E-state index contributed by atoms with van der Waals surface area (Å²) in [4.78, 5) is 16.2. The lowest BCUT2D eigenvalue weighted by Crippen LogP contribution is -2.07. The minimum Gasteiger partial charge on any atom is -0.463 e. The summed E-state index contributed by atoms with van der Waals surface area (Å²) < 4.78 is 6.74. The van der Waals surface area contributed by atoms with E-state index in [1.807, 2.05) is 45.0 Å². The van der Waals surface area contributed by atoms with E-state index < -0.39 is 0 Å². The van der Waals surface area contributed by atoms with Crippen molar-refractivity contribution >= 4 is 34.6 Å². The highest BCUT2D eigenvalue weighted by molar-refractivity contribution is 7.15. The third-order valence-corrected chi connectivity index (χ3v) is 6.04. The molecule has 1 aromatic carbocycles. The number of hydrogen-bond donors (Lipinski definition) is 0. The summed E-state index contributed by atoms with van der Waals surface area (Å²) in [5.74, 6) is 1.57. The lowest BCUT2D eigenvalue weighted by atomic mass is 10.00. The van der Waals surface area contributed by atoms with E-state index in [0.717, 1.165) is 32.9 Å². The van der Waals surface area contributed by atoms with E-state index in [-0.39, 0.29) is 12.1 Å². The van der Waals surface area contributed by atoms with Gasteiger partial charge in [-0.2, -0.15) is 0 Å². The molecule has 1 aliphatic rings. The molecule has 1 aliphatic heterocycles. The van der Waals surface area contributed by atoms with E-state index in [1.165, 1.54) is 22.9 Å². The van der Waals surface area contributed by atoms with Crippen molar-refractivity contribution in [2.75, 3.05) is 0 Å². The number of aromatic nitrogens is 3. The molecule has 0 spiro atoms. The second kappa shape index (κ2) is 9.10. The van der Waals surface area contributed by atoms with E-state index in [9.17, 15) is 4.79 Å². The highest BCUT2D eigenvalue weighted by Gasteiger charge is 2.26. The molecule has 0 amide bonds. The van der Waals surface area contributed by atoms with Gasteiger partial charge in [0.1, 0.15) is 17.4 Å². The molecule has 30 heavy (non-hydrogen) atoms. The van der Waals surface area contributed by atoms with E-state index in [0.29, 0.717) is 6.54 Å². The van der Waals surface area contributed by atoms with Gasteiger partial charge in [0.2, 0.25) is 0 Å². The first-order valence-electron chi connectivity index (χ1n) is 9.68. The number of carbonyl (C=O) groups excluding carboxylic acids is 1. The lowest BCUT2D eigenvalue weighted by Gasteiger charge is -2.09. The normalized spacial score (nSPS) is 12.3. The van der Waals surface area contributed by atoms with Crippen LogP contribution in [0.25, 0.3) is 5.00 Å². The van der Waals surface area contributed by atoms with Gasteiger partial charge < -0.3 is 4.74 Å². The summed E-state index contributed by atoms with van der Waals surface area (Å²) >= 11 is 7.80.